The molecule has 1 atom stereocenters. The molecule has 0 aliphatic carbocycles. The van der Waals surface area contributed by atoms with Crippen LogP contribution in [0.15, 0.2) is 60.9 Å². The molecule has 6 heteroatoms. The van der Waals surface area contributed by atoms with Crippen molar-refractivity contribution in [1.82, 2.24) is 9.97 Å². The van der Waals surface area contributed by atoms with Gasteiger partial charge in [0, 0.05) is 18.3 Å². The zero-order valence-electron chi connectivity index (χ0n) is 16.0. The summed E-state index contributed by atoms with van der Waals surface area (Å²) in [5.41, 5.74) is 7.88. The van der Waals surface area contributed by atoms with Gasteiger partial charge in [-0.1, -0.05) is 18.2 Å². The number of nitrogens with one attached hydrogen (secondary N) is 1. The number of anilines is 4. The van der Waals surface area contributed by atoms with Gasteiger partial charge in [0.05, 0.1) is 0 Å². The maximum atomic E-state index is 6.40. The van der Waals surface area contributed by atoms with Crippen molar-refractivity contribution in [2.45, 2.75) is 32.2 Å². The van der Waals surface area contributed by atoms with E-state index in [0.717, 1.165) is 36.0 Å². The van der Waals surface area contributed by atoms with E-state index in [1.807, 2.05) is 54.6 Å². The third-order valence-corrected chi connectivity index (χ3v) is 5.03. The van der Waals surface area contributed by atoms with Crippen LogP contribution >= 0.6 is 0 Å². The van der Waals surface area contributed by atoms with Crippen LogP contribution in [0.1, 0.15) is 26.2 Å². The number of hydrogen-bond donors (Lipinski definition) is 2. The second kappa shape index (κ2) is 8.17. The minimum Gasteiger partial charge on any atom is -0.457 e. The minimum atomic E-state index is 0.438. The van der Waals surface area contributed by atoms with E-state index in [0.29, 0.717) is 17.5 Å². The lowest BCUT2D eigenvalue weighted by molar-refractivity contribution is 0.481. The minimum absolute atomic E-state index is 0.438. The summed E-state index contributed by atoms with van der Waals surface area (Å²) in [7, 11) is 0. The van der Waals surface area contributed by atoms with Crippen molar-refractivity contribution < 1.29 is 4.74 Å². The molecular weight excluding hydrogens is 350 g/mol. The van der Waals surface area contributed by atoms with E-state index >= 15 is 0 Å². The second-order valence-electron chi connectivity index (χ2n) is 7.06. The normalized spacial score (nSPS) is 16.6. The SMILES string of the molecule is CC1CCCCN1c1ncnc(Nc2ccc(Oc3ccccc3)cc2)c1N. The number of nitrogens with zero attached hydrogens (tertiary/aromatic N) is 3. The highest BCUT2D eigenvalue weighted by Crippen LogP contribution is 2.32. The first-order chi connectivity index (χ1) is 13.7. The molecule has 2 heterocycles. The Labute approximate surface area is 165 Å². The molecule has 1 aliphatic heterocycles. The largest absolute Gasteiger partial charge is 0.457 e. The van der Waals surface area contributed by atoms with Gasteiger partial charge in [0.15, 0.2) is 11.6 Å². The van der Waals surface area contributed by atoms with Crippen molar-refractivity contribution in [2.75, 3.05) is 22.5 Å². The van der Waals surface area contributed by atoms with E-state index in [1.165, 1.54) is 12.8 Å². The van der Waals surface area contributed by atoms with Gasteiger partial charge in [-0.3, -0.25) is 0 Å². The fourth-order valence-electron chi connectivity index (χ4n) is 3.50. The molecule has 0 amide bonds. The maximum Gasteiger partial charge on any atom is 0.159 e. The molecule has 0 spiro atoms. The van der Waals surface area contributed by atoms with E-state index in [4.69, 9.17) is 10.5 Å². The van der Waals surface area contributed by atoms with E-state index in [9.17, 15) is 0 Å². The van der Waals surface area contributed by atoms with Crippen molar-refractivity contribution in [3.05, 3.63) is 60.9 Å². The Hall–Kier alpha value is -3.28. The Kier molecular flexibility index (Phi) is 5.28. The number of ether oxygens (including phenoxy) is 1. The van der Waals surface area contributed by atoms with Gasteiger partial charge in [-0.05, 0) is 62.6 Å². The molecular formula is C22H25N5O. The summed E-state index contributed by atoms with van der Waals surface area (Å²) in [5.74, 6) is 3.02. The highest BCUT2D eigenvalue weighted by Gasteiger charge is 2.23. The first kappa shape index (κ1) is 18.1. The Bertz CT molecular complexity index is 914. The molecule has 2 aromatic carbocycles. The quantitative estimate of drug-likeness (QED) is 0.655. The molecule has 6 nitrogen and oxygen atoms in total. The topological polar surface area (TPSA) is 76.3 Å². The molecule has 1 aromatic heterocycles. The van der Waals surface area contributed by atoms with Crippen LogP contribution in [0, 0.1) is 0 Å². The van der Waals surface area contributed by atoms with Gasteiger partial charge in [-0.25, -0.2) is 9.97 Å². The fraction of sp³-hybridized carbons (Fsp3) is 0.273. The zero-order chi connectivity index (χ0) is 19.3. The zero-order valence-corrected chi connectivity index (χ0v) is 16.0. The molecule has 144 valence electrons. The van der Waals surface area contributed by atoms with Crippen molar-refractivity contribution in [1.29, 1.82) is 0 Å². The Morgan fingerprint density at radius 1 is 1.00 bits per heavy atom. The number of nitrogen functional groups attached to an aromatic ring is 1. The number of piperidine rings is 1. The summed E-state index contributed by atoms with van der Waals surface area (Å²) < 4.78 is 5.83. The molecule has 0 bridgehead atoms. The van der Waals surface area contributed by atoms with E-state index in [2.05, 4.69) is 27.1 Å². The average molecular weight is 375 g/mol. The van der Waals surface area contributed by atoms with Gasteiger partial charge in [-0.2, -0.15) is 0 Å². The van der Waals surface area contributed by atoms with Crippen LogP contribution in [0.25, 0.3) is 0 Å². The summed E-state index contributed by atoms with van der Waals surface area (Å²) in [4.78, 5) is 11.1. The van der Waals surface area contributed by atoms with Crippen LogP contribution < -0.4 is 20.7 Å². The maximum absolute atomic E-state index is 6.40. The number of para-hydroxylation sites is 1. The van der Waals surface area contributed by atoms with E-state index in [-0.39, 0.29) is 0 Å². The molecule has 0 radical (unpaired) electrons. The van der Waals surface area contributed by atoms with Gasteiger partial charge in [0.2, 0.25) is 0 Å². The van der Waals surface area contributed by atoms with Crippen molar-refractivity contribution in [2.24, 2.45) is 0 Å². The van der Waals surface area contributed by atoms with Crippen molar-refractivity contribution >= 4 is 23.0 Å². The van der Waals surface area contributed by atoms with Gasteiger partial charge in [-0.15, -0.1) is 0 Å². The van der Waals surface area contributed by atoms with Gasteiger partial charge in [0.25, 0.3) is 0 Å². The number of rotatable bonds is 5. The third kappa shape index (κ3) is 4.01. The van der Waals surface area contributed by atoms with Crippen LogP contribution in [0.4, 0.5) is 23.0 Å². The Balaban J connectivity index is 1.49. The molecule has 0 saturated carbocycles. The molecule has 4 rings (SSSR count). The Morgan fingerprint density at radius 3 is 2.50 bits per heavy atom. The second-order valence-corrected chi connectivity index (χ2v) is 7.06. The third-order valence-electron chi connectivity index (χ3n) is 5.03. The summed E-state index contributed by atoms with van der Waals surface area (Å²) in [6.45, 7) is 3.20. The number of benzene rings is 2. The number of nitrogens with two attached hydrogens (primary N) is 1. The predicted octanol–water partition coefficient (Wildman–Crippen LogP) is 4.97. The van der Waals surface area contributed by atoms with Crippen LogP contribution in [0.5, 0.6) is 11.5 Å². The predicted molar refractivity (Wildman–Crippen MR) is 113 cm³/mol. The van der Waals surface area contributed by atoms with Crippen molar-refractivity contribution in [3.8, 4) is 11.5 Å². The average Bonchev–Trinajstić information content (AvgIpc) is 2.72. The fourth-order valence-corrected chi connectivity index (χ4v) is 3.50. The smallest absolute Gasteiger partial charge is 0.159 e. The summed E-state index contributed by atoms with van der Waals surface area (Å²) >= 11 is 0. The highest BCUT2D eigenvalue weighted by atomic mass is 16.5. The molecule has 3 N–H and O–H groups in total. The molecule has 1 unspecified atom stereocenters. The number of aromatic nitrogens is 2. The van der Waals surface area contributed by atoms with E-state index < -0.39 is 0 Å². The first-order valence-corrected chi connectivity index (χ1v) is 9.68. The lowest BCUT2D eigenvalue weighted by Crippen LogP contribution is -2.38. The van der Waals surface area contributed by atoms with Crippen LogP contribution in [-0.4, -0.2) is 22.6 Å². The van der Waals surface area contributed by atoms with Crippen molar-refractivity contribution in [3.63, 3.8) is 0 Å². The van der Waals surface area contributed by atoms with Gasteiger partial charge >= 0.3 is 0 Å². The first-order valence-electron chi connectivity index (χ1n) is 9.68. The standard InChI is InChI=1S/C22H25N5O/c1-16-7-5-6-14-27(16)22-20(23)21(24-15-25-22)26-17-10-12-19(13-11-17)28-18-8-3-2-4-9-18/h2-4,8-13,15-16H,5-7,14,23H2,1H3,(H,24,25,26). The summed E-state index contributed by atoms with van der Waals surface area (Å²) in [5, 5.41) is 3.30. The van der Waals surface area contributed by atoms with Gasteiger partial charge < -0.3 is 20.7 Å². The Morgan fingerprint density at radius 2 is 1.75 bits per heavy atom. The molecule has 1 saturated heterocycles. The highest BCUT2D eigenvalue weighted by molar-refractivity contribution is 5.78. The lowest BCUT2D eigenvalue weighted by atomic mass is 10.0. The molecule has 1 fully saturated rings. The molecule has 28 heavy (non-hydrogen) atoms. The van der Waals surface area contributed by atoms with Crippen LogP contribution in [0.2, 0.25) is 0 Å². The lowest BCUT2D eigenvalue weighted by Gasteiger charge is -2.35. The van der Waals surface area contributed by atoms with Crippen LogP contribution in [-0.2, 0) is 0 Å². The molecule has 1 aliphatic rings. The van der Waals surface area contributed by atoms with Crippen LogP contribution in [0.3, 0.4) is 0 Å². The van der Waals surface area contributed by atoms with Gasteiger partial charge in [0.1, 0.15) is 23.5 Å². The molecule has 3 aromatic rings. The summed E-state index contributed by atoms with van der Waals surface area (Å²) in [6.07, 6.45) is 5.15. The van der Waals surface area contributed by atoms with E-state index in [1.54, 1.807) is 6.33 Å². The summed E-state index contributed by atoms with van der Waals surface area (Å²) in [6, 6.07) is 17.9. The monoisotopic (exact) mass is 375 g/mol. The number of hydrogen-bond acceptors (Lipinski definition) is 6.